The second-order valence-electron chi connectivity index (χ2n) is 6.77. The molecule has 0 unspecified atom stereocenters. The molecule has 0 atom stereocenters. The molecule has 2 N–H and O–H groups in total. The molecule has 0 radical (unpaired) electrons. The number of amides is 2. The number of anilines is 1. The number of para-hydroxylation sites is 2. The number of carbonyl (C=O) groups excluding carboxylic acids is 2. The Labute approximate surface area is 206 Å². The first-order valence-electron chi connectivity index (χ1n) is 9.94. The second-order valence-corrected chi connectivity index (χ2v) is 7.58. The highest BCUT2D eigenvalue weighted by molar-refractivity contribution is 6.39. The van der Waals surface area contributed by atoms with E-state index in [1.54, 1.807) is 42.5 Å². The highest BCUT2D eigenvalue weighted by atomic mass is 35.5. The molecule has 0 bridgehead atoms. The van der Waals surface area contributed by atoms with Crippen LogP contribution < -0.4 is 25.0 Å². The normalized spacial score (nSPS) is 10.6. The van der Waals surface area contributed by atoms with E-state index < -0.39 is 11.8 Å². The van der Waals surface area contributed by atoms with E-state index in [-0.39, 0.29) is 11.6 Å². The first-order valence-corrected chi connectivity index (χ1v) is 10.7. The fourth-order valence-corrected chi connectivity index (χ4v) is 3.33. The maximum absolute atomic E-state index is 12.1. The van der Waals surface area contributed by atoms with Crippen molar-refractivity contribution in [2.45, 2.75) is 6.61 Å². The van der Waals surface area contributed by atoms with Gasteiger partial charge in [0.25, 0.3) is 0 Å². The van der Waals surface area contributed by atoms with Crippen molar-refractivity contribution < 1.29 is 23.8 Å². The van der Waals surface area contributed by atoms with Crippen LogP contribution in [0.15, 0.2) is 65.8 Å². The Kier molecular flexibility index (Phi) is 8.73. The van der Waals surface area contributed by atoms with Gasteiger partial charge in [0.2, 0.25) is 0 Å². The largest absolute Gasteiger partial charge is 0.495 e. The van der Waals surface area contributed by atoms with Gasteiger partial charge in [0.1, 0.15) is 12.4 Å². The maximum Gasteiger partial charge on any atom is 0.329 e. The lowest BCUT2D eigenvalue weighted by molar-refractivity contribution is -0.136. The van der Waals surface area contributed by atoms with Crippen LogP contribution in [0, 0.1) is 0 Å². The monoisotopic (exact) mass is 501 g/mol. The molecule has 0 heterocycles. The molecule has 0 saturated carbocycles. The molecule has 8 nitrogen and oxygen atoms in total. The summed E-state index contributed by atoms with van der Waals surface area (Å²) in [6, 6.07) is 17.2. The highest BCUT2D eigenvalue weighted by Gasteiger charge is 2.16. The maximum atomic E-state index is 12.1. The van der Waals surface area contributed by atoms with Crippen molar-refractivity contribution in [2.75, 3.05) is 19.5 Å². The van der Waals surface area contributed by atoms with Crippen molar-refractivity contribution in [3.05, 3.63) is 81.8 Å². The van der Waals surface area contributed by atoms with E-state index >= 15 is 0 Å². The number of hydrogen-bond acceptors (Lipinski definition) is 6. The summed E-state index contributed by atoms with van der Waals surface area (Å²) in [5.74, 6) is -0.742. The smallest absolute Gasteiger partial charge is 0.329 e. The summed E-state index contributed by atoms with van der Waals surface area (Å²) in [5, 5.41) is 7.12. The molecule has 2 amide bonds. The molecular weight excluding hydrogens is 481 g/mol. The average molecular weight is 502 g/mol. The molecule has 34 heavy (non-hydrogen) atoms. The number of rotatable bonds is 8. The van der Waals surface area contributed by atoms with Gasteiger partial charge in [-0.15, -0.1) is 0 Å². The molecule has 10 heteroatoms. The molecule has 3 aromatic rings. The summed E-state index contributed by atoms with van der Waals surface area (Å²) in [7, 11) is 2.93. The van der Waals surface area contributed by atoms with E-state index in [0.717, 1.165) is 5.56 Å². The number of nitrogens with zero attached hydrogens (tertiary/aromatic N) is 1. The highest BCUT2D eigenvalue weighted by Crippen LogP contribution is 2.37. The summed E-state index contributed by atoms with van der Waals surface area (Å²) in [5.41, 5.74) is 3.83. The average Bonchev–Trinajstić information content (AvgIpc) is 2.84. The Balaban J connectivity index is 1.64. The minimum absolute atomic E-state index is 0.195. The Morgan fingerprint density at radius 1 is 0.912 bits per heavy atom. The molecule has 3 rings (SSSR count). The minimum Gasteiger partial charge on any atom is -0.495 e. The molecule has 0 aromatic heterocycles. The molecule has 176 valence electrons. The molecule has 0 aliphatic rings. The lowest BCUT2D eigenvalue weighted by atomic mass is 10.2. The van der Waals surface area contributed by atoms with Crippen LogP contribution in [0.5, 0.6) is 17.2 Å². The Morgan fingerprint density at radius 2 is 1.62 bits per heavy atom. The number of ether oxygens (including phenoxy) is 3. The quantitative estimate of drug-likeness (QED) is 0.265. The van der Waals surface area contributed by atoms with Crippen LogP contribution in [0.2, 0.25) is 10.0 Å². The third-order valence-corrected chi connectivity index (χ3v) is 5.17. The third-order valence-electron chi connectivity index (χ3n) is 4.52. The topological polar surface area (TPSA) is 98.2 Å². The lowest BCUT2D eigenvalue weighted by Crippen LogP contribution is -2.32. The van der Waals surface area contributed by atoms with Gasteiger partial charge >= 0.3 is 11.8 Å². The van der Waals surface area contributed by atoms with E-state index in [4.69, 9.17) is 37.4 Å². The van der Waals surface area contributed by atoms with Gasteiger partial charge in [0, 0.05) is 10.6 Å². The fourth-order valence-electron chi connectivity index (χ4n) is 2.86. The molecule has 0 fully saturated rings. The SMILES string of the molecule is COc1ccccc1NC(=O)C(=O)N/N=C\c1cc(Cl)c(OCc2ccccc2Cl)c(OC)c1. The van der Waals surface area contributed by atoms with E-state index in [1.165, 1.54) is 20.4 Å². The van der Waals surface area contributed by atoms with Gasteiger partial charge in [-0.2, -0.15) is 5.10 Å². The summed E-state index contributed by atoms with van der Waals surface area (Å²) >= 11 is 12.5. The van der Waals surface area contributed by atoms with Crippen molar-refractivity contribution in [3.8, 4) is 17.2 Å². The van der Waals surface area contributed by atoms with Crippen molar-refractivity contribution in [2.24, 2.45) is 5.10 Å². The molecule has 0 spiro atoms. The van der Waals surface area contributed by atoms with Crippen LogP contribution in [-0.2, 0) is 16.2 Å². The summed E-state index contributed by atoms with van der Waals surface area (Å²) in [6.45, 7) is 0.195. The number of hydrogen-bond donors (Lipinski definition) is 2. The summed E-state index contributed by atoms with van der Waals surface area (Å²) < 4.78 is 16.3. The lowest BCUT2D eigenvalue weighted by Gasteiger charge is -2.14. The first kappa shape index (κ1) is 24.9. The number of nitrogens with one attached hydrogen (secondary N) is 2. The zero-order valence-electron chi connectivity index (χ0n) is 18.3. The molecule has 3 aromatic carbocycles. The predicted molar refractivity (Wildman–Crippen MR) is 131 cm³/mol. The Morgan fingerprint density at radius 3 is 2.35 bits per heavy atom. The van der Waals surface area contributed by atoms with Gasteiger partial charge in [-0.1, -0.05) is 53.5 Å². The van der Waals surface area contributed by atoms with Crippen molar-refractivity contribution in [3.63, 3.8) is 0 Å². The van der Waals surface area contributed by atoms with Gasteiger partial charge in [0.05, 0.1) is 31.1 Å². The van der Waals surface area contributed by atoms with Crippen molar-refractivity contribution >= 4 is 46.9 Å². The fraction of sp³-hybridized carbons (Fsp3) is 0.125. The van der Waals surface area contributed by atoms with E-state index in [9.17, 15) is 9.59 Å². The van der Waals surface area contributed by atoms with Crippen LogP contribution >= 0.6 is 23.2 Å². The third kappa shape index (κ3) is 6.40. The van der Waals surface area contributed by atoms with Crippen LogP contribution in [0.4, 0.5) is 5.69 Å². The van der Waals surface area contributed by atoms with Crippen LogP contribution in [0.3, 0.4) is 0 Å². The van der Waals surface area contributed by atoms with Crippen LogP contribution in [0.1, 0.15) is 11.1 Å². The first-order chi connectivity index (χ1) is 16.4. The zero-order valence-corrected chi connectivity index (χ0v) is 19.8. The molecule has 0 aliphatic heterocycles. The van der Waals surface area contributed by atoms with E-state index in [1.807, 2.05) is 18.2 Å². The van der Waals surface area contributed by atoms with Gasteiger partial charge in [-0.3, -0.25) is 9.59 Å². The molecule has 0 saturated heterocycles. The molecular formula is C24H21Cl2N3O5. The number of carbonyl (C=O) groups is 2. The minimum atomic E-state index is -0.958. The second kappa shape index (κ2) is 11.9. The van der Waals surface area contributed by atoms with Crippen LogP contribution in [-0.4, -0.2) is 32.2 Å². The Hall–Kier alpha value is -3.75. The van der Waals surface area contributed by atoms with Crippen molar-refractivity contribution in [1.82, 2.24) is 5.43 Å². The van der Waals surface area contributed by atoms with Gasteiger partial charge < -0.3 is 19.5 Å². The zero-order chi connectivity index (χ0) is 24.5. The predicted octanol–water partition coefficient (Wildman–Crippen LogP) is 4.68. The van der Waals surface area contributed by atoms with E-state index in [2.05, 4.69) is 15.8 Å². The standard InChI is InChI=1S/C24H21Cl2N3O5/c1-32-20-10-6-5-9-19(20)28-23(30)24(31)29-27-13-15-11-18(26)22(21(12-15)33-2)34-14-16-7-3-4-8-17(16)25/h3-13H,14H2,1-2H3,(H,28,30)(H,29,31)/b27-13-. The number of halogens is 2. The van der Waals surface area contributed by atoms with E-state index in [0.29, 0.717) is 33.5 Å². The number of methoxy groups -OCH3 is 2. The molecule has 0 aliphatic carbocycles. The number of hydrazone groups is 1. The van der Waals surface area contributed by atoms with Gasteiger partial charge in [-0.05, 0) is 35.9 Å². The number of benzene rings is 3. The van der Waals surface area contributed by atoms with Crippen LogP contribution in [0.25, 0.3) is 0 Å². The van der Waals surface area contributed by atoms with Gasteiger partial charge in [0.15, 0.2) is 11.5 Å². The Bertz CT molecular complexity index is 1220. The van der Waals surface area contributed by atoms with Gasteiger partial charge in [-0.25, -0.2) is 5.43 Å². The van der Waals surface area contributed by atoms with Crippen molar-refractivity contribution in [1.29, 1.82) is 0 Å². The summed E-state index contributed by atoms with van der Waals surface area (Å²) in [4.78, 5) is 24.2. The summed E-state index contributed by atoms with van der Waals surface area (Å²) in [6.07, 6.45) is 1.32.